The fourth-order valence-electron chi connectivity index (χ4n) is 2.25. The van der Waals surface area contributed by atoms with E-state index >= 15 is 0 Å². The summed E-state index contributed by atoms with van der Waals surface area (Å²) in [6, 6.07) is 3.96. The first kappa shape index (κ1) is 10.9. The van der Waals surface area contributed by atoms with Crippen LogP contribution in [0.15, 0.2) is 18.3 Å². The molecule has 1 aliphatic rings. The molecule has 0 amide bonds. The summed E-state index contributed by atoms with van der Waals surface area (Å²) in [5, 5.41) is 1.11. The highest BCUT2D eigenvalue weighted by molar-refractivity contribution is 7.21. The van der Waals surface area contributed by atoms with Crippen LogP contribution < -0.4 is 10.6 Å². The lowest BCUT2D eigenvalue weighted by molar-refractivity contribution is 0.414. The van der Waals surface area contributed by atoms with Gasteiger partial charge in [-0.15, -0.1) is 0 Å². The Morgan fingerprint density at radius 3 is 2.94 bits per heavy atom. The van der Waals surface area contributed by atoms with Gasteiger partial charge >= 0.3 is 0 Å². The van der Waals surface area contributed by atoms with Gasteiger partial charge in [-0.1, -0.05) is 11.3 Å². The highest BCUT2D eigenvalue weighted by Crippen LogP contribution is 2.29. The summed E-state index contributed by atoms with van der Waals surface area (Å²) < 4.78 is 0. The normalized spacial score (nSPS) is 17.8. The van der Waals surface area contributed by atoms with Gasteiger partial charge < -0.3 is 10.6 Å². The van der Waals surface area contributed by atoms with E-state index < -0.39 is 0 Å². The molecule has 3 heterocycles. The first-order valence-electron chi connectivity index (χ1n) is 6.03. The number of thiazole rings is 1. The van der Waals surface area contributed by atoms with Crippen molar-refractivity contribution in [2.75, 3.05) is 24.5 Å². The first-order valence-corrected chi connectivity index (χ1v) is 6.85. The summed E-state index contributed by atoms with van der Waals surface area (Å²) >= 11 is 1.69. The SMILES string of the molecule is NCC1CCN(c2nc3cccnc3s2)CC1. The molecule has 17 heavy (non-hydrogen) atoms. The van der Waals surface area contributed by atoms with Crippen LogP contribution in [0.3, 0.4) is 0 Å². The summed E-state index contributed by atoms with van der Waals surface area (Å²) in [6.45, 7) is 2.96. The number of hydrogen-bond donors (Lipinski definition) is 1. The van der Waals surface area contributed by atoms with E-state index in [1.54, 1.807) is 11.3 Å². The number of hydrogen-bond acceptors (Lipinski definition) is 5. The minimum Gasteiger partial charge on any atom is -0.348 e. The molecule has 2 N–H and O–H groups in total. The Morgan fingerprint density at radius 1 is 1.41 bits per heavy atom. The van der Waals surface area contributed by atoms with Crippen molar-refractivity contribution in [2.45, 2.75) is 12.8 Å². The minimum atomic E-state index is 0.693. The van der Waals surface area contributed by atoms with Gasteiger partial charge in [-0.3, -0.25) is 0 Å². The number of nitrogens with zero attached hydrogens (tertiary/aromatic N) is 3. The van der Waals surface area contributed by atoms with E-state index in [1.165, 1.54) is 12.8 Å². The van der Waals surface area contributed by atoms with E-state index in [-0.39, 0.29) is 0 Å². The van der Waals surface area contributed by atoms with Crippen molar-refractivity contribution in [1.82, 2.24) is 9.97 Å². The lowest BCUT2D eigenvalue weighted by atomic mass is 9.98. The van der Waals surface area contributed by atoms with Gasteiger partial charge in [0.05, 0.1) is 0 Å². The smallest absolute Gasteiger partial charge is 0.187 e. The largest absolute Gasteiger partial charge is 0.348 e. The van der Waals surface area contributed by atoms with Crippen LogP contribution in [-0.2, 0) is 0 Å². The van der Waals surface area contributed by atoms with Crippen LogP contribution in [-0.4, -0.2) is 29.6 Å². The molecule has 5 heteroatoms. The summed E-state index contributed by atoms with van der Waals surface area (Å²) in [5.74, 6) is 0.693. The molecule has 0 unspecified atom stereocenters. The van der Waals surface area contributed by atoms with Crippen molar-refractivity contribution in [1.29, 1.82) is 0 Å². The second-order valence-electron chi connectivity index (χ2n) is 4.49. The Bertz CT molecular complexity index is 469. The van der Waals surface area contributed by atoms with Crippen LogP contribution in [0.4, 0.5) is 5.13 Å². The molecule has 1 fully saturated rings. The predicted octanol–water partition coefficient (Wildman–Crippen LogP) is 1.87. The van der Waals surface area contributed by atoms with E-state index in [1.807, 2.05) is 18.3 Å². The molecule has 0 bridgehead atoms. The fraction of sp³-hybridized carbons (Fsp3) is 0.500. The maximum absolute atomic E-state index is 5.71. The summed E-state index contributed by atoms with van der Waals surface area (Å²) in [5.41, 5.74) is 6.71. The van der Waals surface area contributed by atoms with Crippen molar-refractivity contribution in [2.24, 2.45) is 11.7 Å². The van der Waals surface area contributed by atoms with Gasteiger partial charge in [0.1, 0.15) is 10.3 Å². The maximum atomic E-state index is 5.71. The molecule has 0 aromatic carbocycles. The fourth-order valence-corrected chi connectivity index (χ4v) is 3.21. The van der Waals surface area contributed by atoms with E-state index in [0.717, 1.165) is 35.1 Å². The Balaban J connectivity index is 1.80. The van der Waals surface area contributed by atoms with E-state index in [0.29, 0.717) is 5.92 Å². The Labute approximate surface area is 104 Å². The lowest BCUT2D eigenvalue weighted by Crippen LogP contribution is -2.35. The van der Waals surface area contributed by atoms with E-state index in [4.69, 9.17) is 5.73 Å². The van der Waals surface area contributed by atoms with Crippen LogP contribution in [0.25, 0.3) is 10.3 Å². The monoisotopic (exact) mass is 248 g/mol. The van der Waals surface area contributed by atoms with Crippen molar-refractivity contribution in [3.05, 3.63) is 18.3 Å². The Hall–Kier alpha value is -1.20. The van der Waals surface area contributed by atoms with Crippen molar-refractivity contribution < 1.29 is 0 Å². The zero-order valence-electron chi connectivity index (χ0n) is 9.67. The molecule has 1 saturated heterocycles. The van der Waals surface area contributed by atoms with Crippen LogP contribution in [0.5, 0.6) is 0 Å². The standard InChI is InChI=1S/C12H16N4S/c13-8-9-3-6-16(7-4-9)12-15-10-2-1-5-14-11(10)17-12/h1-2,5,9H,3-4,6-8,13H2. The van der Waals surface area contributed by atoms with Gasteiger partial charge in [0.15, 0.2) is 5.13 Å². The molecule has 0 radical (unpaired) electrons. The number of anilines is 1. The average Bonchev–Trinajstić information content (AvgIpc) is 2.82. The zero-order valence-corrected chi connectivity index (χ0v) is 10.5. The molecule has 2 aromatic rings. The van der Waals surface area contributed by atoms with Crippen LogP contribution >= 0.6 is 11.3 Å². The molecule has 0 atom stereocenters. The van der Waals surface area contributed by atoms with E-state index in [9.17, 15) is 0 Å². The van der Waals surface area contributed by atoms with Crippen molar-refractivity contribution >= 4 is 26.8 Å². The van der Waals surface area contributed by atoms with Gasteiger partial charge in [-0.25, -0.2) is 9.97 Å². The zero-order chi connectivity index (χ0) is 11.7. The van der Waals surface area contributed by atoms with Crippen molar-refractivity contribution in [3.8, 4) is 0 Å². The van der Waals surface area contributed by atoms with Gasteiger partial charge in [0.2, 0.25) is 0 Å². The number of piperidine rings is 1. The van der Waals surface area contributed by atoms with Crippen LogP contribution in [0, 0.1) is 5.92 Å². The average molecular weight is 248 g/mol. The summed E-state index contributed by atoms with van der Waals surface area (Å²) in [7, 11) is 0. The summed E-state index contributed by atoms with van der Waals surface area (Å²) in [6.07, 6.45) is 4.19. The Kier molecular flexibility index (Phi) is 2.94. The molecule has 1 aliphatic heterocycles. The molecule has 0 spiro atoms. The van der Waals surface area contributed by atoms with Gasteiger partial charge in [-0.2, -0.15) is 0 Å². The topological polar surface area (TPSA) is 55.0 Å². The molecule has 0 aliphatic carbocycles. The van der Waals surface area contributed by atoms with Gasteiger partial charge in [-0.05, 0) is 37.4 Å². The van der Waals surface area contributed by atoms with Crippen molar-refractivity contribution in [3.63, 3.8) is 0 Å². The van der Waals surface area contributed by atoms with Crippen LogP contribution in [0.2, 0.25) is 0 Å². The highest BCUT2D eigenvalue weighted by atomic mass is 32.1. The quantitative estimate of drug-likeness (QED) is 0.881. The minimum absolute atomic E-state index is 0.693. The maximum Gasteiger partial charge on any atom is 0.187 e. The predicted molar refractivity (Wildman–Crippen MR) is 71.4 cm³/mol. The number of aromatic nitrogens is 2. The highest BCUT2D eigenvalue weighted by Gasteiger charge is 2.20. The lowest BCUT2D eigenvalue weighted by Gasteiger charge is -2.30. The number of pyridine rings is 1. The van der Waals surface area contributed by atoms with Crippen LogP contribution in [0.1, 0.15) is 12.8 Å². The molecule has 4 nitrogen and oxygen atoms in total. The summed E-state index contributed by atoms with van der Waals surface area (Å²) in [4.78, 5) is 12.4. The molecular formula is C12H16N4S. The first-order chi connectivity index (χ1) is 8.36. The van der Waals surface area contributed by atoms with E-state index in [2.05, 4.69) is 14.9 Å². The van der Waals surface area contributed by atoms with Gasteiger partial charge in [0, 0.05) is 19.3 Å². The second kappa shape index (κ2) is 4.58. The third-order valence-corrected chi connectivity index (χ3v) is 4.41. The number of fused-ring (bicyclic) bond motifs is 1. The number of rotatable bonds is 2. The molecular weight excluding hydrogens is 232 g/mol. The van der Waals surface area contributed by atoms with Gasteiger partial charge in [0.25, 0.3) is 0 Å². The molecule has 90 valence electrons. The third kappa shape index (κ3) is 2.12. The Morgan fingerprint density at radius 2 is 2.24 bits per heavy atom. The number of nitrogens with two attached hydrogens (primary N) is 1. The molecule has 0 saturated carbocycles. The molecule has 3 rings (SSSR count). The molecule has 2 aromatic heterocycles. The third-order valence-electron chi connectivity index (χ3n) is 3.37. The second-order valence-corrected chi connectivity index (χ2v) is 5.45.